The topological polar surface area (TPSA) is 75.7 Å². The third-order valence-corrected chi connectivity index (χ3v) is 7.08. The number of esters is 1. The second-order valence-corrected chi connectivity index (χ2v) is 10.6. The van der Waals surface area contributed by atoms with Crippen LogP contribution in [0.2, 0.25) is 0 Å². The predicted molar refractivity (Wildman–Crippen MR) is 140 cm³/mol. The van der Waals surface area contributed by atoms with Crippen molar-refractivity contribution in [3.05, 3.63) is 11.6 Å². The Kier molecular flexibility index (Phi) is 14.4. The van der Waals surface area contributed by atoms with Crippen LogP contribution >= 0.6 is 0 Å². The lowest BCUT2D eigenvalue weighted by Crippen LogP contribution is -2.54. The highest BCUT2D eigenvalue weighted by molar-refractivity contribution is 5.91. The van der Waals surface area contributed by atoms with Gasteiger partial charge in [0.1, 0.15) is 6.04 Å². The number of nitrogens with one attached hydrogen (secondary N) is 1. The summed E-state index contributed by atoms with van der Waals surface area (Å²) in [6.45, 7) is 20.4. The number of nitrogens with zero attached hydrogens (tertiary/aromatic N) is 1. The van der Waals surface area contributed by atoms with Crippen LogP contribution in [-0.4, -0.2) is 48.4 Å². The molecule has 0 bridgehead atoms. The average Bonchev–Trinajstić information content (AvgIpc) is 2.78. The molecule has 0 saturated carbocycles. The van der Waals surface area contributed by atoms with Crippen molar-refractivity contribution in [3.63, 3.8) is 0 Å². The van der Waals surface area contributed by atoms with E-state index in [9.17, 15) is 14.4 Å². The minimum atomic E-state index is -0.607. The third-order valence-electron chi connectivity index (χ3n) is 7.08. The first kappa shape index (κ1) is 32.1. The lowest BCUT2D eigenvalue weighted by molar-refractivity contribution is -0.141. The Morgan fingerprint density at radius 2 is 1.56 bits per heavy atom. The first-order valence-corrected chi connectivity index (χ1v) is 13.2. The smallest absolute Gasteiger partial charge is 0.333 e. The van der Waals surface area contributed by atoms with Gasteiger partial charge in [-0.2, -0.15) is 0 Å². The first-order chi connectivity index (χ1) is 15.8. The fraction of sp³-hybridized carbons (Fsp3) is 0.821. The molecule has 0 rings (SSSR count). The quantitative estimate of drug-likeness (QED) is 0.239. The zero-order chi connectivity index (χ0) is 26.6. The molecule has 2 amide bonds. The van der Waals surface area contributed by atoms with Gasteiger partial charge in [-0.15, -0.1) is 0 Å². The molecule has 0 aromatic carbocycles. The van der Waals surface area contributed by atoms with E-state index in [1.807, 2.05) is 13.8 Å². The monoisotopic (exact) mass is 480 g/mol. The average molecular weight is 481 g/mol. The molecule has 0 heterocycles. The van der Waals surface area contributed by atoms with Gasteiger partial charge in [-0.25, -0.2) is 4.79 Å². The summed E-state index contributed by atoms with van der Waals surface area (Å²) in [7, 11) is 1.76. The summed E-state index contributed by atoms with van der Waals surface area (Å²) >= 11 is 0. The molecular formula is C28H52N2O4. The van der Waals surface area contributed by atoms with E-state index in [4.69, 9.17) is 4.74 Å². The van der Waals surface area contributed by atoms with Crippen LogP contribution in [0, 0.1) is 23.2 Å². The number of rotatable bonds is 15. The van der Waals surface area contributed by atoms with Crippen LogP contribution in [-0.2, 0) is 19.1 Å². The van der Waals surface area contributed by atoms with E-state index in [0.717, 1.165) is 25.7 Å². The van der Waals surface area contributed by atoms with Gasteiger partial charge in [0.2, 0.25) is 11.8 Å². The zero-order valence-corrected chi connectivity index (χ0v) is 23.8. The van der Waals surface area contributed by atoms with Gasteiger partial charge in [0, 0.05) is 18.0 Å². The second kappa shape index (κ2) is 15.2. The summed E-state index contributed by atoms with van der Waals surface area (Å²) < 4.78 is 5.11. The minimum absolute atomic E-state index is 0.0236. The molecule has 1 unspecified atom stereocenters. The molecule has 6 heteroatoms. The number of carbonyl (C=O) groups is 3. The Bertz CT molecular complexity index is 680. The summed E-state index contributed by atoms with van der Waals surface area (Å²) in [5.74, 6) is 0.243. The standard InChI is InChI=1S/C28H52N2O4/c1-12-21(9)18-28(13-2,14-3)27(33)29-23(16-19(5)6)25(31)30(11)24(20(7)8)17-22(10)26(32)34-15-4/h17,19-21,23-24H,12-16,18H2,1-11H3,(H,29,33)/b22-17+/t21?,23-,24+/m0/s1. The van der Waals surface area contributed by atoms with E-state index in [1.165, 1.54) is 0 Å². The molecule has 0 aromatic rings. The van der Waals surface area contributed by atoms with E-state index in [-0.39, 0.29) is 35.7 Å². The molecule has 0 saturated heterocycles. The molecule has 3 atom stereocenters. The van der Waals surface area contributed by atoms with Gasteiger partial charge in [0.15, 0.2) is 0 Å². The van der Waals surface area contributed by atoms with E-state index in [1.54, 1.807) is 31.9 Å². The number of amides is 2. The van der Waals surface area contributed by atoms with Gasteiger partial charge < -0.3 is 15.0 Å². The van der Waals surface area contributed by atoms with Crippen LogP contribution in [0.1, 0.15) is 101 Å². The maximum absolute atomic E-state index is 13.7. The van der Waals surface area contributed by atoms with Gasteiger partial charge in [-0.05, 0) is 57.3 Å². The Balaban J connectivity index is 5.97. The van der Waals surface area contributed by atoms with Crippen LogP contribution in [0.4, 0.5) is 0 Å². The largest absolute Gasteiger partial charge is 0.463 e. The number of hydrogen-bond donors (Lipinski definition) is 1. The summed E-state index contributed by atoms with van der Waals surface area (Å²) in [4.78, 5) is 41.1. The molecular weight excluding hydrogens is 428 g/mol. The van der Waals surface area contributed by atoms with Crippen LogP contribution < -0.4 is 5.32 Å². The zero-order valence-electron chi connectivity index (χ0n) is 23.8. The molecule has 0 aromatic heterocycles. The second-order valence-electron chi connectivity index (χ2n) is 10.6. The maximum Gasteiger partial charge on any atom is 0.333 e. The summed E-state index contributed by atoms with van der Waals surface area (Å²) in [6, 6.07) is -0.893. The molecule has 1 N–H and O–H groups in total. The lowest BCUT2D eigenvalue weighted by Gasteiger charge is -2.37. The van der Waals surface area contributed by atoms with Gasteiger partial charge in [0.25, 0.3) is 0 Å². The van der Waals surface area contributed by atoms with Crippen molar-refractivity contribution >= 4 is 17.8 Å². The number of ether oxygens (including phenoxy) is 1. The van der Waals surface area contributed by atoms with Gasteiger partial charge in [-0.3, -0.25) is 9.59 Å². The summed E-state index contributed by atoms with van der Waals surface area (Å²) in [5.41, 5.74) is 0.00985. The van der Waals surface area contributed by atoms with Crippen molar-refractivity contribution in [2.24, 2.45) is 23.2 Å². The van der Waals surface area contributed by atoms with Crippen molar-refractivity contribution in [2.45, 2.75) is 113 Å². The Labute approximate surface area is 209 Å². The highest BCUT2D eigenvalue weighted by Gasteiger charge is 2.39. The molecule has 6 nitrogen and oxygen atoms in total. The van der Waals surface area contributed by atoms with Gasteiger partial charge >= 0.3 is 5.97 Å². The van der Waals surface area contributed by atoms with Crippen LogP contribution in [0.3, 0.4) is 0 Å². The summed E-state index contributed by atoms with van der Waals surface area (Å²) in [6.07, 6.45) is 5.70. The normalized spacial score (nSPS) is 15.1. The Morgan fingerprint density at radius 3 is 1.97 bits per heavy atom. The highest BCUT2D eigenvalue weighted by Crippen LogP contribution is 2.35. The molecule has 0 spiro atoms. The SMILES string of the molecule is CCOC(=O)/C(C)=C/[C@H](C(C)C)N(C)C(=O)[C@H](CC(C)C)NC(=O)C(CC)(CC)CC(C)CC. The summed E-state index contributed by atoms with van der Waals surface area (Å²) in [5, 5.41) is 3.15. The van der Waals surface area contributed by atoms with Crippen molar-refractivity contribution in [1.29, 1.82) is 0 Å². The lowest BCUT2D eigenvalue weighted by atomic mass is 9.73. The Morgan fingerprint density at radius 1 is 1.00 bits per heavy atom. The predicted octanol–water partition coefficient (Wildman–Crippen LogP) is 5.75. The van der Waals surface area contributed by atoms with Crippen molar-refractivity contribution in [1.82, 2.24) is 10.2 Å². The fourth-order valence-corrected chi connectivity index (χ4v) is 4.48. The third kappa shape index (κ3) is 9.42. The Hall–Kier alpha value is -1.85. The molecule has 0 aliphatic heterocycles. The molecule has 34 heavy (non-hydrogen) atoms. The minimum Gasteiger partial charge on any atom is -0.463 e. The van der Waals surface area contributed by atoms with Gasteiger partial charge in [0.05, 0.1) is 12.6 Å². The number of hydrogen-bond acceptors (Lipinski definition) is 4. The van der Waals surface area contributed by atoms with Crippen LogP contribution in [0.5, 0.6) is 0 Å². The van der Waals surface area contributed by atoms with Gasteiger partial charge in [-0.1, -0.05) is 67.9 Å². The maximum atomic E-state index is 13.7. The van der Waals surface area contributed by atoms with Crippen molar-refractivity contribution in [3.8, 4) is 0 Å². The van der Waals surface area contributed by atoms with E-state index >= 15 is 0 Å². The molecule has 0 aliphatic rings. The van der Waals surface area contributed by atoms with E-state index in [2.05, 4.69) is 46.9 Å². The van der Waals surface area contributed by atoms with Crippen LogP contribution in [0.15, 0.2) is 11.6 Å². The van der Waals surface area contributed by atoms with E-state index < -0.39 is 11.5 Å². The molecule has 0 aliphatic carbocycles. The first-order valence-electron chi connectivity index (χ1n) is 13.2. The molecule has 198 valence electrons. The molecule has 0 radical (unpaired) electrons. The van der Waals surface area contributed by atoms with Crippen molar-refractivity contribution < 1.29 is 19.1 Å². The van der Waals surface area contributed by atoms with E-state index in [0.29, 0.717) is 24.5 Å². The fourth-order valence-electron chi connectivity index (χ4n) is 4.48. The van der Waals surface area contributed by atoms with Crippen molar-refractivity contribution in [2.75, 3.05) is 13.7 Å². The number of carbonyl (C=O) groups excluding carboxylic acids is 3. The van der Waals surface area contributed by atoms with Crippen LogP contribution in [0.25, 0.3) is 0 Å². The highest BCUT2D eigenvalue weighted by atomic mass is 16.5. The molecule has 0 fully saturated rings. The number of likely N-dealkylation sites (N-methyl/N-ethyl adjacent to an activating group) is 1.